The van der Waals surface area contributed by atoms with Crippen LogP contribution in [-0.4, -0.2) is 52.2 Å². The third-order valence-corrected chi connectivity index (χ3v) is 6.53. The van der Waals surface area contributed by atoms with Crippen molar-refractivity contribution in [2.24, 2.45) is 0 Å². The van der Waals surface area contributed by atoms with E-state index in [4.69, 9.17) is 4.42 Å². The first kappa shape index (κ1) is 19.8. The Morgan fingerprint density at radius 2 is 2.06 bits per heavy atom. The summed E-state index contributed by atoms with van der Waals surface area (Å²) in [4.78, 5) is 20.3. The zero-order valence-corrected chi connectivity index (χ0v) is 18.1. The Balaban J connectivity index is 1.22. The van der Waals surface area contributed by atoms with Gasteiger partial charge in [0.15, 0.2) is 5.82 Å². The maximum atomic E-state index is 12.7. The van der Waals surface area contributed by atoms with Crippen LogP contribution in [0.5, 0.6) is 0 Å². The molecule has 0 atom stereocenters. The van der Waals surface area contributed by atoms with Crippen LogP contribution < -0.4 is 10.6 Å². The van der Waals surface area contributed by atoms with Crippen molar-refractivity contribution in [2.75, 3.05) is 36.8 Å². The lowest BCUT2D eigenvalue weighted by atomic mass is 10.2. The van der Waals surface area contributed by atoms with Crippen LogP contribution in [0, 0.1) is 6.92 Å². The standard InChI is InChI=1S/C22H24N6O2S/c1-14-13-24-22(30-14)18-12-17-19(31-18)20(27-26-17)25-21(29)15-4-6-16(7-5-15)23-8-11-28-9-2-3-10-28/h4-7,12-13,23H,2-3,8-11H2,1H3,(H2,25,26,27,29). The number of amides is 1. The number of rotatable bonds is 7. The number of fused-ring (bicyclic) bond motifs is 1. The van der Waals surface area contributed by atoms with E-state index in [1.54, 1.807) is 6.20 Å². The van der Waals surface area contributed by atoms with Crippen LogP contribution in [-0.2, 0) is 0 Å². The normalized spacial score (nSPS) is 14.4. The minimum absolute atomic E-state index is 0.195. The summed E-state index contributed by atoms with van der Waals surface area (Å²) in [5, 5.41) is 13.5. The van der Waals surface area contributed by atoms with Crippen molar-refractivity contribution in [2.45, 2.75) is 19.8 Å². The number of H-pyrrole nitrogens is 1. The number of thiophene rings is 1. The summed E-state index contributed by atoms with van der Waals surface area (Å²) in [7, 11) is 0. The van der Waals surface area contributed by atoms with Crippen LogP contribution in [0.3, 0.4) is 0 Å². The molecule has 1 aliphatic rings. The highest BCUT2D eigenvalue weighted by atomic mass is 32.1. The molecule has 1 aliphatic heterocycles. The number of anilines is 2. The number of nitrogens with one attached hydrogen (secondary N) is 3. The Bertz CT molecular complexity index is 1190. The van der Waals surface area contributed by atoms with Gasteiger partial charge in [0.1, 0.15) is 5.76 Å². The van der Waals surface area contributed by atoms with Crippen molar-refractivity contribution in [3.63, 3.8) is 0 Å². The maximum Gasteiger partial charge on any atom is 0.256 e. The number of carbonyl (C=O) groups excluding carboxylic acids is 1. The SMILES string of the molecule is Cc1cnc(-c2cc3[nH]nc(NC(=O)c4ccc(NCCN5CCCC5)cc4)c3s2)o1. The Morgan fingerprint density at radius 3 is 2.81 bits per heavy atom. The zero-order chi connectivity index (χ0) is 21.2. The lowest BCUT2D eigenvalue weighted by Crippen LogP contribution is -2.25. The van der Waals surface area contributed by atoms with Gasteiger partial charge in [0.2, 0.25) is 5.89 Å². The minimum Gasteiger partial charge on any atom is -0.441 e. The highest BCUT2D eigenvalue weighted by molar-refractivity contribution is 7.22. The smallest absolute Gasteiger partial charge is 0.256 e. The maximum absolute atomic E-state index is 12.7. The Morgan fingerprint density at radius 1 is 1.26 bits per heavy atom. The molecule has 4 heterocycles. The van der Waals surface area contributed by atoms with Crippen molar-refractivity contribution >= 4 is 39.0 Å². The van der Waals surface area contributed by atoms with E-state index in [9.17, 15) is 4.79 Å². The van der Waals surface area contributed by atoms with E-state index >= 15 is 0 Å². The third-order valence-electron chi connectivity index (χ3n) is 5.40. The molecule has 0 radical (unpaired) electrons. The number of benzene rings is 1. The van der Waals surface area contributed by atoms with Crippen molar-refractivity contribution in [3.8, 4) is 10.8 Å². The number of aromatic amines is 1. The van der Waals surface area contributed by atoms with E-state index < -0.39 is 0 Å². The minimum atomic E-state index is -0.195. The molecule has 1 amide bonds. The van der Waals surface area contributed by atoms with Crippen molar-refractivity contribution < 1.29 is 9.21 Å². The molecule has 3 N–H and O–H groups in total. The quantitative estimate of drug-likeness (QED) is 0.398. The number of hydrogen-bond acceptors (Lipinski definition) is 7. The lowest BCUT2D eigenvalue weighted by molar-refractivity contribution is 0.102. The van der Waals surface area contributed by atoms with Gasteiger partial charge in [-0.3, -0.25) is 9.89 Å². The fourth-order valence-electron chi connectivity index (χ4n) is 3.76. The van der Waals surface area contributed by atoms with Gasteiger partial charge in [-0.2, -0.15) is 5.10 Å². The van der Waals surface area contributed by atoms with Gasteiger partial charge < -0.3 is 20.0 Å². The Kier molecular flexibility index (Phi) is 5.44. The fourth-order valence-corrected chi connectivity index (χ4v) is 4.75. The average molecular weight is 437 g/mol. The number of aromatic nitrogens is 3. The Hall–Kier alpha value is -3.17. The largest absolute Gasteiger partial charge is 0.441 e. The van der Waals surface area contributed by atoms with Crippen LogP contribution >= 0.6 is 11.3 Å². The summed E-state index contributed by atoms with van der Waals surface area (Å²) in [6.45, 7) is 6.21. The summed E-state index contributed by atoms with van der Waals surface area (Å²) in [6, 6.07) is 9.45. The molecule has 1 aromatic carbocycles. The van der Waals surface area contributed by atoms with E-state index in [2.05, 4.69) is 30.7 Å². The molecule has 0 aliphatic carbocycles. The van der Waals surface area contributed by atoms with Gasteiger partial charge in [-0.15, -0.1) is 11.3 Å². The van der Waals surface area contributed by atoms with Gasteiger partial charge in [-0.05, 0) is 63.2 Å². The molecular weight excluding hydrogens is 412 g/mol. The number of oxazole rings is 1. The molecule has 160 valence electrons. The second kappa shape index (κ2) is 8.52. The topological polar surface area (TPSA) is 99.1 Å². The molecule has 4 aromatic rings. The molecule has 1 saturated heterocycles. The first-order valence-electron chi connectivity index (χ1n) is 10.4. The molecule has 0 unspecified atom stereocenters. The number of likely N-dealkylation sites (tertiary alicyclic amines) is 1. The van der Waals surface area contributed by atoms with Crippen LogP contribution in [0.25, 0.3) is 21.0 Å². The summed E-state index contributed by atoms with van der Waals surface area (Å²) in [5.74, 6) is 1.64. The molecule has 8 nitrogen and oxygen atoms in total. The van der Waals surface area contributed by atoms with Gasteiger partial charge in [0.25, 0.3) is 5.91 Å². The van der Waals surface area contributed by atoms with Crippen molar-refractivity contribution in [1.29, 1.82) is 0 Å². The van der Waals surface area contributed by atoms with E-state index in [0.29, 0.717) is 17.3 Å². The van der Waals surface area contributed by atoms with E-state index in [-0.39, 0.29) is 5.91 Å². The van der Waals surface area contributed by atoms with Gasteiger partial charge >= 0.3 is 0 Å². The van der Waals surface area contributed by atoms with Gasteiger partial charge in [-0.1, -0.05) is 0 Å². The molecular formula is C22H24N6O2S. The number of aryl methyl sites for hydroxylation is 1. The number of carbonyl (C=O) groups is 1. The van der Waals surface area contributed by atoms with Crippen LogP contribution in [0.4, 0.5) is 11.5 Å². The lowest BCUT2D eigenvalue weighted by Gasteiger charge is -2.15. The molecule has 0 saturated carbocycles. The van der Waals surface area contributed by atoms with Crippen molar-refractivity contribution in [3.05, 3.63) is 47.9 Å². The third kappa shape index (κ3) is 4.33. The van der Waals surface area contributed by atoms with Crippen LogP contribution in [0.2, 0.25) is 0 Å². The summed E-state index contributed by atoms with van der Waals surface area (Å²) < 4.78 is 6.46. The zero-order valence-electron chi connectivity index (χ0n) is 17.3. The second-order valence-electron chi connectivity index (χ2n) is 7.71. The molecule has 31 heavy (non-hydrogen) atoms. The highest BCUT2D eigenvalue weighted by Crippen LogP contribution is 2.36. The molecule has 9 heteroatoms. The van der Waals surface area contributed by atoms with E-state index in [0.717, 1.165) is 39.6 Å². The predicted octanol–water partition coefficient (Wildman–Crippen LogP) is 4.35. The van der Waals surface area contributed by atoms with E-state index in [1.807, 2.05) is 37.3 Å². The highest BCUT2D eigenvalue weighted by Gasteiger charge is 2.17. The molecule has 1 fully saturated rings. The predicted molar refractivity (Wildman–Crippen MR) is 123 cm³/mol. The molecule has 0 spiro atoms. The van der Waals surface area contributed by atoms with Crippen LogP contribution in [0.15, 0.2) is 40.9 Å². The van der Waals surface area contributed by atoms with Crippen LogP contribution in [0.1, 0.15) is 29.0 Å². The first-order valence-corrected chi connectivity index (χ1v) is 11.3. The average Bonchev–Trinajstić information content (AvgIpc) is 3.55. The van der Waals surface area contributed by atoms with Gasteiger partial charge in [-0.25, -0.2) is 4.98 Å². The molecule has 3 aromatic heterocycles. The first-order chi connectivity index (χ1) is 15.2. The Labute approximate surface area is 183 Å². The number of nitrogens with zero attached hydrogens (tertiary/aromatic N) is 3. The van der Waals surface area contributed by atoms with Gasteiger partial charge in [0.05, 0.1) is 21.3 Å². The number of hydrogen-bond donors (Lipinski definition) is 3. The monoisotopic (exact) mass is 436 g/mol. The van der Waals surface area contributed by atoms with E-state index in [1.165, 1.54) is 37.3 Å². The summed E-state index contributed by atoms with van der Waals surface area (Å²) >= 11 is 1.48. The molecule has 5 rings (SSSR count). The summed E-state index contributed by atoms with van der Waals surface area (Å²) in [6.07, 6.45) is 4.30. The van der Waals surface area contributed by atoms with Gasteiger partial charge in [0, 0.05) is 24.3 Å². The second-order valence-corrected chi connectivity index (χ2v) is 8.76. The van der Waals surface area contributed by atoms with Crippen molar-refractivity contribution in [1.82, 2.24) is 20.1 Å². The fraction of sp³-hybridized carbons (Fsp3) is 0.318. The molecule has 0 bridgehead atoms. The summed E-state index contributed by atoms with van der Waals surface area (Å²) in [5.41, 5.74) is 2.44.